The van der Waals surface area contributed by atoms with Gasteiger partial charge in [0.25, 0.3) is 5.91 Å². The molecule has 0 aliphatic rings. The maximum Gasteiger partial charge on any atom is 0.265 e. The van der Waals surface area contributed by atoms with Gasteiger partial charge in [-0.15, -0.1) is 11.3 Å². The molecule has 5 heteroatoms. The minimum atomic E-state index is -0.490. The van der Waals surface area contributed by atoms with Crippen molar-refractivity contribution >= 4 is 28.6 Å². The highest BCUT2D eigenvalue weighted by Gasteiger charge is 2.11. The summed E-state index contributed by atoms with van der Waals surface area (Å²) in [4.78, 5) is 13.7. The molecule has 2 rings (SSSR count). The van der Waals surface area contributed by atoms with Gasteiger partial charge in [-0.2, -0.15) is 0 Å². The third-order valence-electron chi connectivity index (χ3n) is 2.64. The molecule has 0 fully saturated rings. The maximum atomic E-state index is 13.0. The quantitative estimate of drug-likeness (QED) is 0.817. The van der Waals surface area contributed by atoms with Crippen molar-refractivity contribution in [3.8, 4) is 0 Å². The zero-order valence-corrected chi connectivity index (χ0v) is 10.9. The molecule has 0 radical (unpaired) electrons. The summed E-state index contributed by atoms with van der Waals surface area (Å²) in [5, 5.41) is 2.69. The van der Waals surface area contributed by atoms with E-state index in [4.69, 9.17) is 5.73 Å². The molecule has 94 valence electrons. The number of nitrogens with two attached hydrogens (primary N) is 1. The monoisotopic (exact) mass is 264 g/mol. The van der Waals surface area contributed by atoms with Gasteiger partial charge in [-0.25, -0.2) is 4.39 Å². The number of amides is 1. The summed E-state index contributed by atoms with van der Waals surface area (Å²) in [6.45, 7) is 3.92. The Bertz CT molecular complexity index is 588. The number of nitrogens with one attached hydrogen (secondary N) is 1. The number of aryl methyl sites for hydroxylation is 2. The largest absolute Gasteiger partial charge is 0.396 e. The van der Waals surface area contributed by atoms with Crippen molar-refractivity contribution in [3.63, 3.8) is 0 Å². The van der Waals surface area contributed by atoms with Crippen LogP contribution in [0.3, 0.4) is 0 Å². The summed E-state index contributed by atoms with van der Waals surface area (Å²) < 4.78 is 13.0. The average Bonchev–Trinajstić information content (AvgIpc) is 2.65. The lowest BCUT2D eigenvalue weighted by Gasteiger charge is -2.04. The molecule has 0 bridgehead atoms. The van der Waals surface area contributed by atoms with Crippen molar-refractivity contribution in [1.82, 2.24) is 0 Å². The number of nitrogen functional groups attached to an aromatic ring is 1. The standard InChI is InChI=1S/C13H13FN2OS/c1-7-5-12(18-8(7)2)13(17)16-9-3-4-10(14)11(15)6-9/h3-6H,15H2,1-2H3,(H,16,17). The molecule has 1 aromatic heterocycles. The zero-order valence-electron chi connectivity index (χ0n) is 10.1. The SMILES string of the molecule is Cc1cc(C(=O)Nc2ccc(F)c(N)c2)sc1C. The Labute approximate surface area is 108 Å². The fourth-order valence-electron chi connectivity index (χ4n) is 1.50. The number of carbonyl (C=O) groups excluding carboxylic acids is 1. The van der Waals surface area contributed by atoms with Crippen LogP contribution in [0.1, 0.15) is 20.1 Å². The Kier molecular flexibility index (Phi) is 3.34. The van der Waals surface area contributed by atoms with Crippen LogP contribution in [0.4, 0.5) is 15.8 Å². The molecule has 0 atom stereocenters. The normalized spacial score (nSPS) is 10.4. The van der Waals surface area contributed by atoms with E-state index in [0.29, 0.717) is 10.6 Å². The zero-order chi connectivity index (χ0) is 13.3. The van der Waals surface area contributed by atoms with Crippen LogP contribution in [0, 0.1) is 19.7 Å². The van der Waals surface area contributed by atoms with Gasteiger partial charge in [-0.1, -0.05) is 0 Å². The van der Waals surface area contributed by atoms with Crippen LogP contribution in [0.5, 0.6) is 0 Å². The van der Waals surface area contributed by atoms with E-state index in [1.807, 2.05) is 19.9 Å². The number of benzene rings is 1. The minimum absolute atomic E-state index is 0.0198. The van der Waals surface area contributed by atoms with E-state index in [2.05, 4.69) is 5.32 Å². The van der Waals surface area contributed by atoms with Gasteiger partial charge in [0.05, 0.1) is 10.6 Å². The first-order chi connectivity index (χ1) is 8.47. The summed E-state index contributed by atoms with van der Waals surface area (Å²) in [6.07, 6.45) is 0. The van der Waals surface area contributed by atoms with Crippen LogP contribution in [0.15, 0.2) is 24.3 Å². The van der Waals surface area contributed by atoms with Crippen LogP contribution in [-0.2, 0) is 0 Å². The van der Waals surface area contributed by atoms with E-state index in [1.165, 1.54) is 29.5 Å². The molecule has 1 heterocycles. The van der Waals surface area contributed by atoms with E-state index < -0.39 is 5.82 Å². The van der Waals surface area contributed by atoms with Crippen molar-refractivity contribution in [2.75, 3.05) is 11.1 Å². The van der Waals surface area contributed by atoms with Gasteiger partial charge in [-0.05, 0) is 43.7 Å². The fraction of sp³-hybridized carbons (Fsp3) is 0.154. The lowest BCUT2D eigenvalue weighted by Crippen LogP contribution is -2.10. The van der Waals surface area contributed by atoms with Crippen molar-refractivity contribution < 1.29 is 9.18 Å². The number of anilines is 2. The molecule has 18 heavy (non-hydrogen) atoms. The van der Waals surface area contributed by atoms with Crippen molar-refractivity contribution in [2.24, 2.45) is 0 Å². The van der Waals surface area contributed by atoms with E-state index in [-0.39, 0.29) is 11.6 Å². The average molecular weight is 264 g/mol. The first kappa shape index (κ1) is 12.6. The highest BCUT2D eigenvalue weighted by atomic mass is 32.1. The molecule has 0 aliphatic carbocycles. The van der Waals surface area contributed by atoms with E-state index in [9.17, 15) is 9.18 Å². The van der Waals surface area contributed by atoms with Gasteiger partial charge < -0.3 is 11.1 Å². The molecular weight excluding hydrogens is 251 g/mol. The van der Waals surface area contributed by atoms with E-state index in [0.717, 1.165) is 10.4 Å². The first-order valence-corrected chi connectivity index (χ1v) is 6.22. The van der Waals surface area contributed by atoms with Crippen LogP contribution >= 0.6 is 11.3 Å². The Morgan fingerprint density at radius 1 is 1.33 bits per heavy atom. The Hall–Kier alpha value is -1.88. The van der Waals surface area contributed by atoms with E-state index >= 15 is 0 Å². The predicted molar refractivity (Wildman–Crippen MR) is 72.6 cm³/mol. The topological polar surface area (TPSA) is 55.1 Å². The minimum Gasteiger partial charge on any atom is -0.396 e. The smallest absolute Gasteiger partial charge is 0.265 e. The fourth-order valence-corrected chi connectivity index (χ4v) is 2.43. The molecule has 0 saturated carbocycles. The number of hydrogen-bond donors (Lipinski definition) is 2. The third kappa shape index (κ3) is 2.51. The number of thiophene rings is 1. The van der Waals surface area contributed by atoms with E-state index in [1.54, 1.807) is 0 Å². The molecule has 0 saturated heterocycles. The van der Waals surface area contributed by atoms with Crippen molar-refractivity contribution in [2.45, 2.75) is 13.8 Å². The second kappa shape index (κ2) is 4.78. The van der Waals surface area contributed by atoms with Crippen molar-refractivity contribution in [3.05, 3.63) is 45.4 Å². The predicted octanol–water partition coefficient (Wildman–Crippen LogP) is 3.34. The third-order valence-corrected chi connectivity index (χ3v) is 3.79. The molecular formula is C13H13FN2OS. The maximum absolute atomic E-state index is 13.0. The van der Waals surface area contributed by atoms with Crippen LogP contribution in [-0.4, -0.2) is 5.91 Å². The molecule has 2 aromatic rings. The molecule has 1 aromatic carbocycles. The van der Waals surface area contributed by atoms with Crippen LogP contribution in [0.25, 0.3) is 0 Å². The summed E-state index contributed by atoms with van der Waals surface area (Å²) in [5.41, 5.74) is 7.03. The highest BCUT2D eigenvalue weighted by Crippen LogP contribution is 2.22. The highest BCUT2D eigenvalue weighted by molar-refractivity contribution is 7.14. The lowest BCUT2D eigenvalue weighted by molar-refractivity contribution is 0.103. The van der Waals surface area contributed by atoms with Crippen LogP contribution in [0.2, 0.25) is 0 Å². The van der Waals surface area contributed by atoms with Gasteiger partial charge in [0.15, 0.2) is 0 Å². The molecule has 0 spiro atoms. The summed E-state index contributed by atoms with van der Waals surface area (Å²) >= 11 is 1.43. The number of hydrogen-bond acceptors (Lipinski definition) is 3. The number of rotatable bonds is 2. The molecule has 1 amide bonds. The second-order valence-electron chi connectivity index (χ2n) is 4.04. The number of halogens is 1. The number of carbonyl (C=O) groups is 1. The molecule has 0 unspecified atom stereocenters. The lowest BCUT2D eigenvalue weighted by atomic mass is 10.2. The van der Waals surface area contributed by atoms with Gasteiger partial charge >= 0.3 is 0 Å². The second-order valence-corrected chi connectivity index (χ2v) is 5.30. The summed E-state index contributed by atoms with van der Waals surface area (Å²) in [5.74, 6) is -0.696. The summed E-state index contributed by atoms with van der Waals surface area (Å²) in [7, 11) is 0. The Morgan fingerprint density at radius 3 is 2.61 bits per heavy atom. The van der Waals surface area contributed by atoms with Gasteiger partial charge in [0.2, 0.25) is 0 Å². The van der Waals surface area contributed by atoms with Gasteiger partial charge in [0.1, 0.15) is 5.82 Å². The van der Waals surface area contributed by atoms with Gasteiger partial charge in [0, 0.05) is 10.6 Å². The first-order valence-electron chi connectivity index (χ1n) is 5.41. The molecule has 3 N–H and O–H groups in total. The van der Waals surface area contributed by atoms with Crippen LogP contribution < -0.4 is 11.1 Å². The summed E-state index contributed by atoms with van der Waals surface area (Å²) in [6, 6.07) is 5.95. The molecule has 0 aliphatic heterocycles. The van der Waals surface area contributed by atoms with Crippen molar-refractivity contribution in [1.29, 1.82) is 0 Å². The molecule has 3 nitrogen and oxygen atoms in total. The Morgan fingerprint density at radius 2 is 2.06 bits per heavy atom. The van der Waals surface area contributed by atoms with Gasteiger partial charge in [-0.3, -0.25) is 4.79 Å². The Balaban J connectivity index is 2.18.